The summed E-state index contributed by atoms with van der Waals surface area (Å²) in [4.78, 5) is 10.4. The van der Waals surface area contributed by atoms with Gasteiger partial charge in [0.2, 0.25) is 0 Å². The van der Waals surface area contributed by atoms with Gasteiger partial charge in [-0.3, -0.25) is 4.99 Å². The van der Waals surface area contributed by atoms with Gasteiger partial charge < -0.3 is 20.5 Å². The van der Waals surface area contributed by atoms with E-state index in [9.17, 15) is 4.39 Å². The number of halogens is 2. The molecule has 1 aliphatic heterocycles. The summed E-state index contributed by atoms with van der Waals surface area (Å²) in [5.41, 5.74) is 2.05. The van der Waals surface area contributed by atoms with Crippen molar-refractivity contribution in [1.82, 2.24) is 20.5 Å². The number of hydrogen-bond donors (Lipinski definition) is 3. The summed E-state index contributed by atoms with van der Waals surface area (Å²) >= 11 is 0. The summed E-state index contributed by atoms with van der Waals surface area (Å²) in [6, 6.07) is 4.91. The number of aromatic nitrogens is 1. The molecule has 1 aromatic heterocycles. The number of hydrogen-bond acceptors (Lipinski definition) is 2. The zero-order valence-corrected chi connectivity index (χ0v) is 20.0. The normalized spacial score (nSPS) is 16.0. The molecule has 1 fully saturated rings. The summed E-state index contributed by atoms with van der Waals surface area (Å²) in [5.74, 6) is 1.49. The molecular weight excluding hydrogens is 480 g/mol. The SMILES string of the molecule is CCNC(=NCCC1CCN(CC)CC1)NCCc1c[nH]c2cc(F)ccc12.I. The van der Waals surface area contributed by atoms with Crippen LogP contribution >= 0.6 is 24.0 Å². The van der Waals surface area contributed by atoms with Gasteiger partial charge in [0.1, 0.15) is 5.82 Å². The van der Waals surface area contributed by atoms with Crippen molar-refractivity contribution >= 4 is 40.8 Å². The molecule has 162 valence electrons. The fourth-order valence-electron chi connectivity index (χ4n) is 3.97. The number of piperidine rings is 1. The van der Waals surface area contributed by atoms with Crippen LogP contribution in [0.4, 0.5) is 4.39 Å². The van der Waals surface area contributed by atoms with Crippen molar-refractivity contribution < 1.29 is 4.39 Å². The van der Waals surface area contributed by atoms with Gasteiger partial charge >= 0.3 is 0 Å². The van der Waals surface area contributed by atoms with Gasteiger partial charge in [-0.25, -0.2) is 4.39 Å². The first kappa shape index (κ1) is 23.9. The molecule has 0 radical (unpaired) electrons. The third-order valence-corrected chi connectivity index (χ3v) is 5.72. The standard InChI is InChI=1S/C22H34FN5.HI/c1-3-24-22(25-11-7-17-9-13-28(4-2)14-10-17)26-12-8-18-16-27-21-15-19(23)5-6-20(18)21;/h5-6,15-17,27H,3-4,7-14H2,1-2H3,(H2,24,25,26);1H. The molecule has 0 amide bonds. The lowest BCUT2D eigenvalue weighted by Crippen LogP contribution is -2.38. The molecule has 1 saturated heterocycles. The number of H-pyrrole nitrogens is 1. The second-order valence-electron chi connectivity index (χ2n) is 7.61. The molecule has 29 heavy (non-hydrogen) atoms. The van der Waals surface area contributed by atoms with Crippen LogP contribution in [0.5, 0.6) is 0 Å². The molecule has 1 aliphatic rings. The maximum atomic E-state index is 13.3. The van der Waals surface area contributed by atoms with Crippen LogP contribution in [0.1, 0.15) is 38.7 Å². The zero-order valence-electron chi connectivity index (χ0n) is 17.6. The molecule has 0 spiro atoms. The van der Waals surface area contributed by atoms with Crippen LogP contribution in [0.15, 0.2) is 29.4 Å². The van der Waals surface area contributed by atoms with Crippen molar-refractivity contribution in [3.8, 4) is 0 Å². The number of benzene rings is 1. The maximum absolute atomic E-state index is 13.3. The van der Waals surface area contributed by atoms with Gasteiger partial charge in [-0.2, -0.15) is 0 Å². The van der Waals surface area contributed by atoms with Crippen LogP contribution in [0.25, 0.3) is 10.9 Å². The molecule has 3 rings (SSSR count). The molecule has 2 heterocycles. The lowest BCUT2D eigenvalue weighted by atomic mass is 9.94. The van der Waals surface area contributed by atoms with Gasteiger partial charge in [-0.1, -0.05) is 6.92 Å². The van der Waals surface area contributed by atoms with Crippen LogP contribution < -0.4 is 10.6 Å². The first-order chi connectivity index (χ1) is 13.7. The lowest BCUT2D eigenvalue weighted by molar-refractivity contribution is 0.188. The van der Waals surface area contributed by atoms with Crippen molar-refractivity contribution in [2.45, 2.75) is 39.5 Å². The van der Waals surface area contributed by atoms with Gasteiger partial charge in [-0.05, 0) is 81.9 Å². The second-order valence-corrected chi connectivity index (χ2v) is 7.61. The number of nitrogens with one attached hydrogen (secondary N) is 3. The lowest BCUT2D eigenvalue weighted by Gasteiger charge is -2.30. The molecule has 0 saturated carbocycles. The Kier molecular flexibility index (Phi) is 10.2. The Morgan fingerprint density at radius 2 is 2.03 bits per heavy atom. The predicted molar refractivity (Wildman–Crippen MR) is 131 cm³/mol. The van der Waals surface area contributed by atoms with E-state index in [2.05, 4.69) is 34.4 Å². The minimum atomic E-state index is -0.207. The molecule has 2 aromatic rings. The molecule has 5 nitrogen and oxygen atoms in total. The Bertz CT molecular complexity index is 768. The number of aliphatic imine (C=N–C) groups is 1. The molecule has 1 aromatic carbocycles. The van der Waals surface area contributed by atoms with Crippen molar-refractivity contribution in [2.24, 2.45) is 10.9 Å². The second kappa shape index (κ2) is 12.4. The third-order valence-electron chi connectivity index (χ3n) is 5.72. The highest BCUT2D eigenvalue weighted by Crippen LogP contribution is 2.20. The van der Waals surface area contributed by atoms with E-state index in [1.807, 2.05) is 12.3 Å². The molecule has 7 heteroatoms. The summed E-state index contributed by atoms with van der Waals surface area (Å²) in [5, 5.41) is 7.85. The van der Waals surface area contributed by atoms with E-state index in [0.29, 0.717) is 0 Å². The van der Waals surface area contributed by atoms with Crippen molar-refractivity contribution in [2.75, 3.05) is 39.3 Å². The minimum Gasteiger partial charge on any atom is -0.361 e. The topological polar surface area (TPSA) is 55.5 Å². The fourth-order valence-corrected chi connectivity index (χ4v) is 3.97. The molecule has 0 unspecified atom stereocenters. The fraction of sp³-hybridized carbons (Fsp3) is 0.591. The van der Waals surface area contributed by atoms with Gasteiger partial charge in [0.05, 0.1) is 0 Å². The van der Waals surface area contributed by atoms with E-state index < -0.39 is 0 Å². The van der Waals surface area contributed by atoms with Crippen molar-refractivity contribution in [1.29, 1.82) is 0 Å². The Labute approximate surface area is 190 Å². The van der Waals surface area contributed by atoms with E-state index in [0.717, 1.165) is 48.8 Å². The number of aromatic amines is 1. The maximum Gasteiger partial charge on any atom is 0.191 e. The molecular formula is C22H35FIN5. The Balaban J connectivity index is 0.00000300. The Hall–Kier alpha value is -1.35. The average molecular weight is 515 g/mol. The van der Waals surface area contributed by atoms with E-state index in [1.54, 1.807) is 6.07 Å². The van der Waals surface area contributed by atoms with E-state index in [1.165, 1.54) is 50.5 Å². The number of likely N-dealkylation sites (tertiary alicyclic amines) is 1. The van der Waals surface area contributed by atoms with Crippen LogP contribution in [-0.4, -0.2) is 55.1 Å². The first-order valence-corrected chi connectivity index (χ1v) is 10.7. The summed E-state index contributed by atoms with van der Waals surface area (Å²) in [6.07, 6.45) is 6.61. The van der Waals surface area contributed by atoms with Crippen molar-refractivity contribution in [3.05, 3.63) is 35.8 Å². The number of guanidine groups is 1. The van der Waals surface area contributed by atoms with Gasteiger partial charge in [0, 0.05) is 36.7 Å². The summed E-state index contributed by atoms with van der Waals surface area (Å²) in [6.45, 7) is 10.5. The highest BCUT2D eigenvalue weighted by Gasteiger charge is 2.17. The highest BCUT2D eigenvalue weighted by atomic mass is 127. The molecule has 0 atom stereocenters. The zero-order chi connectivity index (χ0) is 19.8. The molecule has 3 N–H and O–H groups in total. The molecule has 0 bridgehead atoms. The summed E-state index contributed by atoms with van der Waals surface area (Å²) < 4.78 is 13.3. The van der Waals surface area contributed by atoms with Gasteiger partial charge in [-0.15, -0.1) is 24.0 Å². The van der Waals surface area contributed by atoms with Crippen LogP contribution in [0.2, 0.25) is 0 Å². The highest BCUT2D eigenvalue weighted by molar-refractivity contribution is 14.0. The number of fused-ring (bicyclic) bond motifs is 1. The number of rotatable bonds is 8. The summed E-state index contributed by atoms with van der Waals surface area (Å²) in [7, 11) is 0. The van der Waals surface area contributed by atoms with Gasteiger partial charge in [0.25, 0.3) is 0 Å². The first-order valence-electron chi connectivity index (χ1n) is 10.7. The Morgan fingerprint density at radius 1 is 1.24 bits per heavy atom. The van der Waals surface area contributed by atoms with Gasteiger partial charge in [0.15, 0.2) is 5.96 Å². The van der Waals surface area contributed by atoms with E-state index in [4.69, 9.17) is 4.99 Å². The van der Waals surface area contributed by atoms with E-state index >= 15 is 0 Å². The van der Waals surface area contributed by atoms with Crippen LogP contribution in [0.3, 0.4) is 0 Å². The average Bonchev–Trinajstić information content (AvgIpc) is 3.10. The van der Waals surface area contributed by atoms with Crippen LogP contribution in [-0.2, 0) is 6.42 Å². The van der Waals surface area contributed by atoms with E-state index in [-0.39, 0.29) is 29.8 Å². The third kappa shape index (κ3) is 7.13. The predicted octanol–water partition coefficient (Wildman–Crippen LogP) is 4.14. The minimum absolute atomic E-state index is 0. The van der Waals surface area contributed by atoms with Crippen molar-refractivity contribution in [3.63, 3.8) is 0 Å². The van der Waals surface area contributed by atoms with Crippen LogP contribution in [0, 0.1) is 11.7 Å². The monoisotopic (exact) mass is 515 g/mol. The number of nitrogens with zero attached hydrogens (tertiary/aromatic N) is 2. The largest absolute Gasteiger partial charge is 0.361 e. The Morgan fingerprint density at radius 3 is 2.76 bits per heavy atom. The quantitative estimate of drug-likeness (QED) is 0.282. The molecule has 0 aliphatic carbocycles. The smallest absolute Gasteiger partial charge is 0.191 e.